The summed E-state index contributed by atoms with van der Waals surface area (Å²) in [5.74, 6) is -0.122. The second-order valence-electron chi connectivity index (χ2n) is 6.71. The first-order valence-electron chi connectivity index (χ1n) is 8.82. The topological polar surface area (TPSA) is 82.4 Å². The zero-order valence-electron chi connectivity index (χ0n) is 14.5. The molecule has 1 saturated heterocycles. The third-order valence-corrected chi connectivity index (χ3v) is 5.09. The van der Waals surface area contributed by atoms with Crippen LogP contribution in [-0.4, -0.2) is 41.3 Å². The van der Waals surface area contributed by atoms with Gasteiger partial charge in [-0.2, -0.15) is 0 Å². The molecule has 0 bridgehead atoms. The number of carbonyl (C=O) groups excluding carboxylic acids is 2. The first-order chi connectivity index (χ1) is 12.1. The second kappa shape index (κ2) is 7.41. The van der Waals surface area contributed by atoms with E-state index in [1.807, 2.05) is 23.1 Å². The van der Waals surface area contributed by atoms with Crippen LogP contribution in [0.4, 0.5) is 11.4 Å². The number of anilines is 2. The number of nitrogens with one attached hydrogen (secondary N) is 1. The Morgan fingerprint density at radius 2 is 1.81 bits per heavy atom. The molecule has 1 aromatic carbocycles. The number of fused-ring (bicyclic) bond motifs is 1. The largest absolute Gasteiger partial charge is 0.398 e. The zero-order chi connectivity index (χ0) is 17.4. The summed E-state index contributed by atoms with van der Waals surface area (Å²) in [5, 5.41) is 0. The number of nitrogens with two attached hydrogens (primary N) is 1. The van der Waals surface area contributed by atoms with Crippen molar-refractivity contribution in [2.24, 2.45) is 0 Å². The van der Waals surface area contributed by atoms with Gasteiger partial charge in [0.1, 0.15) is 5.69 Å². The van der Waals surface area contributed by atoms with E-state index in [4.69, 9.17) is 5.73 Å². The molecule has 1 aromatic heterocycles. The third kappa shape index (κ3) is 3.17. The lowest BCUT2D eigenvalue weighted by molar-refractivity contribution is 0.0787. The fourth-order valence-corrected chi connectivity index (χ4v) is 3.75. The summed E-state index contributed by atoms with van der Waals surface area (Å²) >= 11 is 0. The number of aromatic nitrogens is 1. The van der Waals surface area contributed by atoms with E-state index < -0.39 is 0 Å². The van der Waals surface area contributed by atoms with Gasteiger partial charge in [0.2, 0.25) is 0 Å². The first kappa shape index (κ1) is 18.3. The van der Waals surface area contributed by atoms with Crippen LogP contribution in [0.3, 0.4) is 0 Å². The molecule has 0 radical (unpaired) electrons. The number of rotatable bonds is 2. The predicted molar refractivity (Wildman–Crippen MR) is 104 cm³/mol. The monoisotopic (exact) mass is 374 g/mol. The van der Waals surface area contributed by atoms with E-state index in [2.05, 4.69) is 4.98 Å². The highest BCUT2D eigenvalue weighted by Gasteiger charge is 2.27. The van der Waals surface area contributed by atoms with Gasteiger partial charge in [-0.3, -0.25) is 9.59 Å². The lowest BCUT2D eigenvalue weighted by atomic mass is 9.99. The van der Waals surface area contributed by atoms with Crippen LogP contribution >= 0.6 is 12.4 Å². The van der Waals surface area contributed by atoms with Crippen LogP contribution in [-0.2, 0) is 6.42 Å². The molecule has 6 nitrogen and oxygen atoms in total. The smallest absolute Gasteiger partial charge is 0.270 e. The highest BCUT2D eigenvalue weighted by Crippen LogP contribution is 2.32. The Hall–Kier alpha value is -2.47. The number of halogens is 1. The highest BCUT2D eigenvalue weighted by atomic mass is 35.5. The Morgan fingerprint density at radius 1 is 1.04 bits per heavy atom. The maximum absolute atomic E-state index is 13.0. The molecule has 0 saturated carbocycles. The number of aromatic amines is 1. The number of nitrogen functional groups attached to an aromatic ring is 1. The first-order valence-corrected chi connectivity index (χ1v) is 8.82. The molecule has 3 heterocycles. The lowest BCUT2D eigenvalue weighted by Crippen LogP contribution is -2.35. The summed E-state index contributed by atoms with van der Waals surface area (Å²) in [6, 6.07) is 7.35. The average molecular weight is 375 g/mol. The molecular weight excluding hydrogens is 352 g/mol. The Labute approximate surface area is 158 Å². The van der Waals surface area contributed by atoms with Gasteiger partial charge in [0.15, 0.2) is 0 Å². The Morgan fingerprint density at radius 3 is 2.58 bits per heavy atom. The number of amides is 2. The van der Waals surface area contributed by atoms with Crippen LogP contribution in [0.1, 0.15) is 45.7 Å². The Bertz CT molecular complexity index is 827. The number of carbonyl (C=O) groups is 2. The zero-order valence-corrected chi connectivity index (χ0v) is 15.3. The van der Waals surface area contributed by atoms with Crippen LogP contribution in [0, 0.1) is 0 Å². The minimum atomic E-state index is -0.0942. The molecule has 1 fully saturated rings. The fraction of sp³-hybridized carbons (Fsp3) is 0.368. The number of benzene rings is 1. The lowest BCUT2D eigenvalue weighted by Gasteiger charge is -2.30. The van der Waals surface area contributed by atoms with Gasteiger partial charge < -0.3 is 20.5 Å². The number of hydrogen-bond acceptors (Lipinski definition) is 3. The van der Waals surface area contributed by atoms with Crippen LogP contribution in [0.2, 0.25) is 0 Å². The van der Waals surface area contributed by atoms with Crippen molar-refractivity contribution in [3.05, 3.63) is 47.3 Å². The third-order valence-electron chi connectivity index (χ3n) is 5.09. The van der Waals surface area contributed by atoms with Crippen LogP contribution in [0.15, 0.2) is 30.5 Å². The van der Waals surface area contributed by atoms with E-state index in [-0.39, 0.29) is 24.2 Å². The van der Waals surface area contributed by atoms with Crippen molar-refractivity contribution in [1.82, 2.24) is 9.88 Å². The molecule has 2 amide bonds. The highest BCUT2D eigenvalue weighted by molar-refractivity contribution is 6.08. The molecule has 138 valence electrons. The van der Waals surface area contributed by atoms with Crippen molar-refractivity contribution in [1.29, 1.82) is 0 Å². The quantitative estimate of drug-likeness (QED) is 0.793. The van der Waals surface area contributed by atoms with Crippen molar-refractivity contribution in [2.45, 2.75) is 25.7 Å². The Kier molecular flexibility index (Phi) is 5.23. The van der Waals surface area contributed by atoms with E-state index >= 15 is 0 Å². The number of hydrogen-bond donors (Lipinski definition) is 2. The summed E-state index contributed by atoms with van der Waals surface area (Å²) in [6.45, 7) is 2.25. The average Bonchev–Trinajstić information content (AvgIpc) is 3.32. The van der Waals surface area contributed by atoms with Crippen molar-refractivity contribution in [2.75, 3.05) is 30.3 Å². The number of likely N-dealkylation sites (tertiary alicyclic amines) is 1. The summed E-state index contributed by atoms with van der Waals surface area (Å²) < 4.78 is 0. The summed E-state index contributed by atoms with van der Waals surface area (Å²) in [5.41, 5.74) is 9.70. The van der Waals surface area contributed by atoms with Gasteiger partial charge in [0, 0.05) is 37.2 Å². The molecule has 2 aliphatic heterocycles. The summed E-state index contributed by atoms with van der Waals surface area (Å²) in [4.78, 5) is 32.0. The van der Waals surface area contributed by atoms with E-state index in [1.54, 1.807) is 17.2 Å². The summed E-state index contributed by atoms with van der Waals surface area (Å²) in [7, 11) is 0. The van der Waals surface area contributed by atoms with Crippen LogP contribution in [0.5, 0.6) is 0 Å². The SMILES string of the molecule is Cl.Nc1cccc2c1CCCN2C(=O)c1c[nH]c(C(=O)N2CCCC2)c1. The van der Waals surface area contributed by atoms with Gasteiger partial charge in [-0.1, -0.05) is 6.07 Å². The summed E-state index contributed by atoms with van der Waals surface area (Å²) in [6.07, 6.45) is 5.50. The van der Waals surface area contributed by atoms with Gasteiger partial charge in [-0.25, -0.2) is 0 Å². The number of nitrogens with zero attached hydrogens (tertiary/aromatic N) is 2. The van der Waals surface area contributed by atoms with E-state index in [0.717, 1.165) is 55.7 Å². The molecule has 0 atom stereocenters. The van der Waals surface area contributed by atoms with Crippen molar-refractivity contribution < 1.29 is 9.59 Å². The molecular formula is C19H23ClN4O2. The van der Waals surface area contributed by atoms with Gasteiger partial charge in [0.25, 0.3) is 11.8 Å². The van der Waals surface area contributed by atoms with Crippen LogP contribution in [0.25, 0.3) is 0 Å². The molecule has 0 aliphatic carbocycles. The molecule has 7 heteroatoms. The normalized spacial score (nSPS) is 16.2. The minimum Gasteiger partial charge on any atom is -0.398 e. The van der Waals surface area contributed by atoms with Crippen molar-refractivity contribution >= 4 is 35.6 Å². The minimum absolute atomic E-state index is 0. The second-order valence-corrected chi connectivity index (χ2v) is 6.71. The van der Waals surface area contributed by atoms with Crippen molar-refractivity contribution in [3.63, 3.8) is 0 Å². The van der Waals surface area contributed by atoms with Crippen LogP contribution < -0.4 is 10.6 Å². The maximum Gasteiger partial charge on any atom is 0.270 e. The standard InChI is InChI=1S/C19H22N4O2.ClH/c20-15-6-3-7-17-14(15)5-4-10-23(17)18(24)13-11-16(21-12-13)19(25)22-8-1-2-9-22;/h3,6-7,11-12,21H,1-2,4-5,8-10,20H2;1H. The number of H-pyrrole nitrogens is 1. The molecule has 2 aliphatic rings. The fourth-order valence-electron chi connectivity index (χ4n) is 3.75. The van der Waals surface area contributed by atoms with Gasteiger partial charge in [0.05, 0.1) is 5.56 Å². The predicted octanol–water partition coefficient (Wildman–Crippen LogP) is 2.85. The van der Waals surface area contributed by atoms with Crippen molar-refractivity contribution in [3.8, 4) is 0 Å². The molecule has 0 spiro atoms. The molecule has 0 unspecified atom stereocenters. The molecule has 26 heavy (non-hydrogen) atoms. The van der Waals surface area contributed by atoms with E-state index in [0.29, 0.717) is 17.8 Å². The molecule has 3 N–H and O–H groups in total. The van der Waals surface area contributed by atoms with E-state index in [1.165, 1.54) is 0 Å². The van der Waals surface area contributed by atoms with Gasteiger partial charge in [-0.15, -0.1) is 12.4 Å². The Balaban J connectivity index is 0.00000196. The molecule has 2 aromatic rings. The van der Waals surface area contributed by atoms with Gasteiger partial charge >= 0.3 is 0 Å². The van der Waals surface area contributed by atoms with E-state index in [9.17, 15) is 9.59 Å². The van der Waals surface area contributed by atoms with Gasteiger partial charge in [-0.05, 0) is 49.4 Å². The molecule has 4 rings (SSSR count). The maximum atomic E-state index is 13.0.